The van der Waals surface area contributed by atoms with Crippen molar-refractivity contribution in [2.45, 2.75) is 52.2 Å². The molecule has 2 amide bonds. The van der Waals surface area contributed by atoms with Gasteiger partial charge in [-0.3, -0.25) is 14.6 Å². The Hall–Kier alpha value is -1.91. The molecule has 1 fully saturated rings. The van der Waals surface area contributed by atoms with E-state index in [2.05, 4.69) is 10.3 Å². The van der Waals surface area contributed by atoms with E-state index in [0.717, 1.165) is 12.0 Å². The summed E-state index contributed by atoms with van der Waals surface area (Å²) in [5.41, 5.74) is 0.948. The molecule has 1 aliphatic rings. The first-order chi connectivity index (χ1) is 10.0. The first-order valence-electron chi connectivity index (χ1n) is 7.54. The molecule has 0 bridgehead atoms. The molecule has 0 spiro atoms. The van der Waals surface area contributed by atoms with Crippen molar-refractivity contribution in [3.63, 3.8) is 0 Å². The molecular formula is C16H23N3O2. The molecule has 5 heteroatoms. The van der Waals surface area contributed by atoms with Crippen molar-refractivity contribution in [1.29, 1.82) is 0 Å². The third kappa shape index (κ3) is 3.40. The first-order valence-corrected chi connectivity index (χ1v) is 7.54. The van der Waals surface area contributed by atoms with Crippen LogP contribution < -0.4 is 5.32 Å². The molecule has 0 radical (unpaired) electrons. The Morgan fingerprint density at radius 3 is 2.71 bits per heavy atom. The van der Waals surface area contributed by atoms with Gasteiger partial charge in [-0.15, -0.1) is 0 Å². The zero-order valence-corrected chi connectivity index (χ0v) is 12.9. The van der Waals surface area contributed by atoms with Gasteiger partial charge in [-0.25, -0.2) is 0 Å². The fourth-order valence-corrected chi connectivity index (χ4v) is 2.67. The van der Waals surface area contributed by atoms with Crippen LogP contribution in [0.5, 0.6) is 0 Å². The standard InChI is InChI=1S/C16H23N3O2/c1-4-6-13-15(20)18-14(11(2)3)16(21)19(13)10-12-7-5-8-17-9-12/h5,7-9,11,13-14H,4,6,10H2,1-3H3,(H,18,20). The van der Waals surface area contributed by atoms with Gasteiger partial charge in [-0.05, 0) is 24.0 Å². The fourth-order valence-electron chi connectivity index (χ4n) is 2.67. The SMILES string of the molecule is CCCC1C(=O)NC(C(C)C)C(=O)N1Cc1cccnc1. The lowest BCUT2D eigenvalue weighted by atomic mass is 9.95. The number of piperazine rings is 1. The maximum absolute atomic E-state index is 12.7. The second-order valence-electron chi connectivity index (χ2n) is 5.86. The van der Waals surface area contributed by atoms with Gasteiger partial charge in [0.15, 0.2) is 0 Å². The van der Waals surface area contributed by atoms with E-state index in [-0.39, 0.29) is 23.8 Å². The minimum absolute atomic E-state index is 0.00639. The monoisotopic (exact) mass is 289 g/mol. The van der Waals surface area contributed by atoms with Crippen LogP contribution in [0, 0.1) is 5.92 Å². The lowest BCUT2D eigenvalue weighted by molar-refractivity contribution is -0.151. The van der Waals surface area contributed by atoms with Crippen molar-refractivity contribution in [2.24, 2.45) is 5.92 Å². The first kappa shape index (κ1) is 15.5. The van der Waals surface area contributed by atoms with Crippen molar-refractivity contribution in [3.05, 3.63) is 30.1 Å². The van der Waals surface area contributed by atoms with Gasteiger partial charge in [0.1, 0.15) is 12.1 Å². The van der Waals surface area contributed by atoms with Gasteiger partial charge in [0, 0.05) is 18.9 Å². The lowest BCUT2D eigenvalue weighted by Crippen LogP contribution is -2.64. The van der Waals surface area contributed by atoms with Crippen LogP contribution in [0.4, 0.5) is 0 Å². The van der Waals surface area contributed by atoms with E-state index in [9.17, 15) is 9.59 Å². The molecule has 0 aliphatic carbocycles. The number of amides is 2. The number of rotatable bonds is 5. The van der Waals surface area contributed by atoms with E-state index in [4.69, 9.17) is 0 Å². The average Bonchev–Trinajstić information content (AvgIpc) is 2.47. The molecule has 2 rings (SSSR count). The molecule has 1 aliphatic heterocycles. The molecule has 5 nitrogen and oxygen atoms in total. The number of carbonyl (C=O) groups excluding carboxylic acids is 2. The summed E-state index contributed by atoms with van der Waals surface area (Å²) < 4.78 is 0. The quantitative estimate of drug-likeness (QED) is 0.898. The minimum Gasteiger partial charge on any atom is -0.342 e. The molecule has 0 aromatic carbocycles. The molecule has 2 atom stereocenters. The van der Waals surface area contributed by atoms with E-state index < -0.39 is 6.04 Å². The topological polar surface area (TPSA) is 62.3 Å². The highest BCUT2D eigenvalue weighted by atomic mass is 16.2. The smallest absolute Gasteiger partial charge is 0.246 e. The van der Waals surface area contributed by atoms with Crippen molar-refractivity contribution >= 4 is 11.8 Å². The Morgan fingerprint density at radius 2 is 2.14 bits per heavy atom. The molecule has 114 valence electrons. The van der Waals surface area contributed by atoms with E-state index in [0.29, 0.717) is 13.0 Å². The molecule has 2 heterocycles. The summed E-state index contributed by atoms with van der Waals surface area (Å²) in [7, 11) is 0. The van der Waals surface area contributed by atoms with E-state index in [1.54, 1.807) is 17.3 Å². The number of nitrogens with one attached hydrogen (secondary N) is 1. The summed E-state index contributed by atoms with van der Waals surface area (Å²) in [5.74, 6) is 0.0476. The summed E-state index contributed by atoms with van der Waals surface area (Å²) in [5, 5.41) is 2.87. The van der Waals surface area contributed by atoms with Gasteiger partial charge in [0.05, 0.1) is 0 Å². The lowest BCUT2D eigenvalue weighted by Gasteiger charge is -2.40. The van der Waals surface area contributed by atoms with Crippen LogP contribution in [0.3, 0.4) is 0 Å². The third-order valence-corrected chi connectivity index (χ3v) is 3.83. The van der Waals surface area contributed by atoms with E-state index >= 15 is 0 Å². The molecule has 1 N–H and O–H groups in total. The highest BCUT2D eigenvalue weighted by Crippen LogP contribution is 2.21. The Balaban J connectivity index is 2.25. The molecule has 0 saturated carbocycles. The van der Waals surface area contributed by atoms with Crippen molar-refractivity contribution in [2.75, 3.05) is 0 Å². The summed E-state index contributed by atoms with van der Waals surface area (Å²) in [6.45, 7) is 6.36. The van der Waals surface area contributed by atoms with Gasteiger partial charge in [0.25, 0.3) is 0 Å². The summed E-state index contributed by atoms with van der Waals surface area (Å²) >= 11 is 0. The van der Waals surface area contributed by atoms with Crippen molar-refractivity contribution in [1.82, 2.24) is 15.2 Å². The Labute approximate surface area is 125 Å². The fraction of sp³-hybridized carbons (Fsp3) is 0.562. The van der Waals surface area contributed by atoms with Gasteiger partial charge < -0.3 is 10.2 Å². The van der Waals surface area contributed by atoms with Gasteiger partial charge in [-0.1, -0.05) is 33.3 Å². The predicted octanol–water partition coefficient (Wildman–Crippen LogP) is 1.73. The highest BCUT2D eigenvalue weighted by molar-refractivity contribution is 5.97. The number of carbonyl (C=O) groups is 2. The van der Waals surface area contributed by atoms with Crippen LogP contribution in [-0.4, -0.2) is 33.8 Å². The Morgan fingerprint density at radius 1 is 1.38 bits per heavy atom. The molecule has 21 heavy (non-hydrogen) atoms. The van der Waals surface area contributed by atoms with Crippen LogP contribution in [0.2, 0.25) is 0 Å². The predicted molar refractivity (Wildman–Crippen MR) is 80.3 cm³/mol. The van der Waals surface area contributed by atoms with Crippen molar-refractivity contribution in [3.8, 4) is 0 Å². The molecule has 1 aromatic rings. The Bertz CT molecular complexity index is 502. The summed E-state index contributed by atoms with van der Waals surface area (Å²) in [4.78, 5) is 30.8. The minimum atomic E-state index is -0.428. The van der Waals surface area contributed by atoms with Gasteiger partial charge in [-0.2, -0.15) is 0 Å². The van der Waals surface area contributed by atoms with Crippen LogP contribution >= 0.6 is 0 Å². The number of hydrogen-bond donors (Lipinski definition) is 1. The van der Waals surface area contributed by atoms with Gasteiger partial charge >= 0.3 is 0 Å². The second-order valence-corrected chi connectivity index (χ2v) is 5.86. The Kier molecular flexibility index (Phi) is 4.94. The zero-order chi connectivity index (χ0) is 15.4. The normalized spacial score (nSPS) is 22.6. The van der Waals surface area contributed by atoms with E-state index in [1.165, 1.54) is 0 Å². The number of hydrogen-bond acceptors (Lipinski definition) is 3. The van der Waals surface area contributed by atoms with Crippen molar-refractivity contribution < 1.29 is 9.59 Å². The van der Waals surface area contributed by atoms with Crippen LogP contribution in [-0.2, 0) is 16.1 Å². The molecule has 1 aromatic heterocycles. The third-order valence-electron chi connectivity index (χ3n) is 3.83. The molecule has 2 unspecified atom stereocenters. The number of pyridine rings is 1. The second kappa shape index (κ2) is 6.70. The largest absolute Gasteiger partial charge is 0.342 e. The maximum atomic E-state index is 12.7. The zero-order valence-electron chi connectivity index (χ0n) is 12.9. The molecule has 1 saturated heterocycles. The highest BCUT2D eigenvalue weighted by Gasteiger charge is 2.40. The van der Waals surface area contributed by atoms with Crippen LogP contribution in [0.25, 0.3) is 0 Å². The van der Waals surface area contributed by atoms with Crippen LogP contribution in [0.15, 0.2) is 24.5 Å². The summed E-state index contributed by atoms with van der Waals surface area (Å²) in [6.07, 6.45) is 4.99. The maximum Gasteiger partial charge on any atom is 0.246 e. The number of nitrogens with zero attached hydrogens (tertiary/aromatic N) is 2. The molecular weight excluding hydrogens is 266 g/mol. The number of aromatic nitrogens is 1. The van der Waals surface area contributed by atoms with E-state index in [1.807, 2.05) is 32.9 Å². The average molecular weight is 289 g/mol. The van der Waals surface area contributed by atoms with Crippen LogP contribution in [0.1, 0.15) is 39.2 Å². The summed E-state index contributed by atoms with van der Waals surface area (Å²) in [6, 6.07) is 2.97. The van der Waals surface area contributed by atoms with Gasteiger partial charge in [0.2, 0.25) is 11.8 Å².